The van der Waals surface area contributed by atoms with E-state index in [1.807, 2.05) is 6.07 Å². The van der Waals surface area contributed by atoms with Crippen molar-refractivity contribution in [2.24, 2.45) is 5.73 Å². The van der Waals surface area contributed by atoms with Crippen molar-refractivity contribution in [3.8, 4) is 6.07 Å². The van der Waals surface area contributed by atoms with E-state index in [4.69, 9.17) is 15.7 Å². The maximum atomic E-state index is 13.1. The highest BCUT2D eigenvalue weighted by molar-refractivity contribution is 5.73. The van der Waals surface area contributed by atoms with E-state index in [0.29, 0.717) is 0 Å². The van der Waals surface area contributed by atoms with Crippen molar-refractivity contribution in [3.63, 3.8) is 0 Å². The van der Waals surface area contributed by atoms with Gasteiger partial charge in [0.1, 0.15) is 0 Å². The van der Waals surface area contributed by atoms with Gasteiger partial charge in [-0.1, -0.05) is 6.07 Å². The number of hydrogen-bond acceptors (Lipinski definition) is 4. The topological polar surface area (TPSA) is 76.1 Å². The average Bonchev–Trinajstić information content (AvgIpc) is 2.37. The fraction of sp³-hybridized carbons (Fsp3) is 0.385. The van der Waals surface area contributed by atoms with Crippen LogP contribution in [0.5, 0.6) is 0 Å². The van der Waals surface area contributed by atoms with Gasteiger partial charge in [0.25, 0.3) is 6.43 Å². The van der Waals surface area contributed by atoms with E-state index in [-0.39, 0.29) is 41.8 Å². The molecule has 0 aromatic heterocycles. The van der Waals surface area contributed by atoms with Gasteiger partial charge in [-0.05, 0) is 24.1 Å². The fourth-order valence-corrected chi connectivity index (χ4v) is 1.83. The second-order valence-electron chi connectivity index (χ2n) is 3.76. The minimum atomic E-state index is -2.80. The molecule has 0 amide bonds. The third kappa shape index (κ3) is 3.48. The van der Waals surface area contributed by atoms with Crippen LogP contribution in [0.1, 0.15) is 35.6 Å². The van der Waals surface area contributed by atoms with E-state index >= 15 is 0 Å². The second kappa shape index (κ2) is 6.81. The number of carbonyl (C=O) groups is 1. The Balaban J connectivity index is 3.25. The van der Waals surface area contributed by atoms with Gasteiger partial charge in [-0.2, -0.15) is 5.26 Å². The van der Waals surface area contributed by atoms with E-state index in [9.17, 15) is 13.6 Å². The third-order valence-corrected chi connectivity index (χ3v) is 2.63. The number of rotatable bonds is 5. The van der Waals surface area contributed by atoms with Gasteiger partial charge in [0.15, 0.2) is 0 Å². The summed E-state index contributed by atoms with van der Waals surface area (Å²) in [6.07, 6.45) is -3.05. The highest BCUT2D eigenvalue weighted by atomic mass is 19.3. The second-order valence-corrected chi connectivity index (χ2v) is 3.76. The Hall–Kier alpha value is -2.00. The number of hydrogen-bond donors (Lipinski definition) is 1. The zero-order valence-electron chi connectivity index (χ0n) is 10.5. The van der Waals surface area contributed by atoms with Crippen LogP contribution in [0.15, 0.2) is 12.1 Å². The smallest absolute Gasteiger partial charge is 0.310 e. The first kappa shape index (κ1) is 15.1. The summed E-state index contributed by atoms with van der Waals surface area (Å²) in [5.74, 6) is -0.586. The molecule has 0 aliphatic carbocycles. The molecule has 0 aliphatic rings. The van der Waals surface area contributed by atoms with Crippen LogP contribution in [-0.2, 0) is 22.5 Å². The predicted octanol–water partition coefficient (Wildman–Crippen LogP) is 2.06. The van der Waals surface area contributed by atoms with Crippen molar-refractivity contribution in [1.29, 1.82) is 5.26 Å². The lowest BCUT2D eigenvalue weighted by molar-refractivity contribution is -0.142. The lowest BCUT2D eigenvalue weighted by Gasteiger charge is -2.14. The van der Waals surface area contributed by atoms with Crippen molar-refractivity contribution in [1.82, 2.24) is 0 Å². The Bertz CT molecular complexity index is 510. The molecule has 0 fully saturated rings. The number of esters is 1. The highest BCUT2D eigenvalue weighted by Crippen LogP contribution is 2.29. The average molecular weight is 268 g/mol. The molecule has 0 spiro atoms. The monoisotopic (exact) mass is 268 g/mol. The molecule has 0 aliphatic heterocycles. The normalized spacial score (nSPS) is 10.3. The first-order valence-electron chi connectivity index (χ1n) is 5.73. The Morgan fingerprint density at radius 2 is 2.21 bits per heavy atom. The molecule has 6 heteroatoms. The molecular formula is C13H14F2N2O2. The number of ether oxygens (including phenoxy) is 1. The molecule has 0 unspecified atom stereocenters. The Morgan fingerprint density at radius 3 is 2.68 bits per heavy atom. The Morgan fingerprint density at radius 1 is 1.53 bits per heavy atom. The summed E-state index contributed by atoms with van der Waals surface area (Å²) in [4.78, 5) is 11.4. The van der Waals surface area contributed by atoms with Crippen LogP contribution >= 0.6 is 0 Å². The van der Waals surface area contributed by atoms with Gasteiger partial charge in [-0.25, -0.2) is 8.78 Å². The predicted molar refractivity (Wildman–Crippen MR) is 64.3 cm³/mol. The van der Waals surface area contributed by atoms with Gasteiger partial charge >= 0.3 is 5.97 Å². The molecule has 19 heavy (non-hydrogen) atoms. The fourth-order valence-electron chi connectivity index (χ4n) is 1.83. The number of nitrogens with zero attached hydrogens (tertiary/aromatic N) is 1. The van der Waals surface area contributed by atoms with Crippen molar-refractivity contribution in [2.75, 3.05) is 6.61 Å². The summed E-state index contributed by atoms with van der Waals surface area (Å²) in [5.41, 5.74) is 5.42. The van der Waals surface area contributed by atoms with Crippen LogP contribution in [0.3, 0.4) is 0 Å². The largest absolute Gasteiger partial charge is 0.466 e. The summed E-state index contributed by atoms with van der Waals surface area (Å²) in [7, 11) is 0. The third-order valence-electron chi connectivity index (χ3n) is 2.63. The van der Waals surface area contributed by atoms with Gasteiger partial charge in [0.05, 0.1) is 24.7 Å². The van der Waals surface area contributed by atoms with E-state index < -0.39 is 12.4 Å². The van der Waals surface area contributed by atoms with Crippen molar-refractivity contribution in [3.05, 3.63) is 34.4 Å². The van der Waals surface area contributed by atoms with Crippen LogP contribution in [0.25, 0.3) is 0 Å². The Kier molecular flexibility index (Phi) is 5.39. The zero-order chi connectivity index (χ0) is 14.4. The molecule has 1 aromatic carbocycles. The molecule has 1 rings (SSSR count). The molecule has 2 N–H and O–H groups in total. The SMILES string of the molecule is CCOC(=O)Cc1ccc(C#N)c(CN)c1C(F)F. The number of benzene rings is 1. The van der Waals surface area contributed by atoms with Gasteiger partial charge in [-0.3, -0.25) is 4.79 Å². The zero-order valence-corrected chi connectivity index (χ0v) is 10.5. The van der Waals surface area contributed by atoms with Crippen LogP contribution in [0, 0.1) is 11.3 Å². The number of alkyl halides is 2. The quantitative estimate of drug-likeness (QED) is 0.829. The molecule has 4 nitrogen and oxygen atoms in total. The van der Waals surface area contributed by atoms with Crippen LogP contribution in [0.2, 0.25) is 0 Å². The van der Waals surface area contributed by atoms with E-state index in [1.165, 1.54) is 12.1 Å². The molecule has 0 heterocycles. The first-order valence-corrected chi connectivity index (χ1v) is 5.73. The molecule has 1 aromatic rings. The summed E-state index contributed by atoms with van der Waals surface area (Å²) in [6.45, 7) is 1.64. The molecule has 0 radical (unpaired) electrons. The van der Waals surface area contributed by atoms with Crippen molar-refractivity contribution < 1.29 is 18.3 Å². The summed E-state index contributed by atoms with van der Waals surface area (Å²) >= 11 is 0. The molecule has 0 atom stereocenters. The van der Waals surface area contributed by atoms with Gasteiger partial charge in [-0.15, -0.1) is 0 Å². The molecule has 102 valence electrons. The minimum absolute atomic E-state index is 0.0827. The van der Waals surface area contributed by atoms with E-state index in [0.717, 1.165) is 0 Å². The maximum Gasteiger partial charge on any atom is 0.310 e. The van der Waals surface area contributed by atoms with Gasteiger partial charge in [0.2, 0.25) is 0 Å². The summed E-state index contributed by atoms with van der Waals surface area (Å²) < 4.78 is 31.0. The Labute approximate surface area is 109 Å². The lowest BCUT2D eigenvalue weighted by Crippen LogP contribution is -2.13. The lowest BCUT2D eigenvalue weighted by atomic mass is 9.95. The molecule has 0 bridgehead atoms. The number of halogens is 2. The minimum Gasteiger partial charge on any atom is -0.466 e. The standard InChI is InChI=1S/C13H14F2N2O2/c1-2-19-11(18)5-8-3-4-9(6-16)10(7-17)12(8)13(14)15/h3-4,13H,2,5,7,17H2,1H3. The van der Waals surface area contributed by atoms with Crippen LogP contribution in [0.4, 0.5) is 8.78 Å². The van der Waals surface area contributed by atoms with Gasteiger partial charge in [0, 0.05) is 12.1 Å². The van der Waals surface area contributed by atoms with Gasteiger partial charge < -0.3 is 10.5 Å². The van der Waals surface area contributed by atoms with Crippen LogP contribution in [-0.4, -0.2) is 12.6 Å². The molecular weight excluding hydrogens is 254 g/mol. The highest BCUT2D eigenvalue weighted by Gasteiger charge is 2.21. The van der Waals surface area contributed by atoms with E-state index in [2.05, 4.69) is 0 Å². The molecule has 0 saturated heterocycles. The summed E-state index contributed by atoms with van der Waals surface area (Å²) in [6, 6.07) is 4.55. The molecule has 0 saturated carbocycles. The van der Waals surface area contributed by atoms with Crippen molar-refractivity contribution in [2.45, 2.75) is 26.3 Å². The number of carbonyl (C=O) groups excluding carboxylic acids is 1. The summed E-state index contributed by atoms with van der Waals surface area (Å²) in [5, 5.41) is 8.87. The maximum absolute atomic E-state index is 13.1. The number of nitriles is 1. The number of nitrogens with two attached hydrogens (primary N) is 1. The first-order chi connectivity index (χ1) is 9.04. The van der Waals surface area contributed by atoms with Crippen LogP contribution < -0.4 is 5.73 Å². The van der Waals surface area contributed by atoms with Crippen molar-refractivity contribution >= 4 is 5.97 Å². The van der Waals surface area contributed by atoms with E-state index in [1.54, 1.807) is 6.92 Å².